The van der Waals surface area contributed by atoms with Crippen LogP contribution >= 0.6 is 11.6 Å². The van der Waals surface area contributed by atoms with Crippen molar-refractivity contribution in [3.63, 3.8) is 0 Å². The molecule has 0 aliphatic carbocycles. The first-order valence-corrected chi connectivity index (χ1v) is 6.99. The van der Waals surface area contributed by atoms with Crippen LogP contribution in [0.2, 0.25) is 5.02 Å². The lowest BCUT2D eigenvalue weighted by atomic mass is 10.2. The summed E-state index contributed by atoms with van der Waals surface area (Å²) in [5, 5.41) is 23.8. The zero-order chi connectivity index (χ0) is 15.8. The fraction of sp³-hybridized carbons (Fsp3) is 0.429. The molecule has 0 aromatic heterocycles. The molecule has 1 rings (SSSR count). The number of amides is 1. The van der Waals surface area contributed by atoms with Gasteiger partial charge in [-0.1, -0.05) is 11.6 Å². The van der Waals surface area contributed by atoms with Crippen molar-refractivity contribution in [2.24, 2.45) is 0 Å². The van der Waals surface area contributed by atoms with E-state index in [9.17, 15) is 9.59 Å². The molecule has 0 bridgehead atoms. The zero-order valence-corrected chi connectivity index (χ0v) is 12.5. The van der Waals surface area contributed by atoms with Crippen molar-refractivity contribution in [1.82, 2.24) is 5.32 Å². The maximum Gasteiger partial charge on any atom is 0.335 e. The van der Waals surface area contributed by atoms with E-state index in [1.807, 2.05) is 0 Å². The number of hydrogen-bond donors (Lipinski definition) is 4. The maximum absolute atomic E-state index is 11.7. The minimum atomic E-state index is -1.08. The smallest absolute Gasteiger partial charge is 0.335 e. The van der Waals surface area contributed by atoms with Gasteiger partial charge in [0.1, 0.15) is 0 Å². The van der Waals surface area contributed by atoms with Gasteiger partial charge in [0.2, 0.25) is 5.91 Å². The first-order chi connectivity index (χ1) is 9.90. The van der Waals surface area contributed by atoms with Gasteiger partial charge in [-0.2, -0.15) is 0 Å². The predicted molar refractivity (Wildman–Crippen MR) is 80.8 cm³/mol. The Labute approximate surface area is 128 Å². The van der Waals surface area contributed by atoms with E-state index in [-0.39, 0.29) is 34.8 Å². The lowest BCUT2D eigenvalue weighted by Gasteiger charge is -2.09. The minimum absolute atomic E-state index is 0.0552. The molecule has 116 valence electrons. The lowest BCUT2D eigenvalue weighted by molar-refractivity contribution is -0.115. The van der Waals surface area contributed by atoms with Gasteiger partial charge < -0.3 is 20.8 Å². The summed E-state index contributed by atoms with van der Waals surface area (Å²) in [6.45, 7) is 2.42. The number of aliphatic hydroxyl groups excluding tert-OH is 1. The third kappa shape index (κ3) is 6.57. The molecule has 0 heterocycles. The Morgan fingerprint density at radius 3 is 2.71 bits per heavy atom. The zero-order valence-electron chi connectivity index (χ0n) is 11.7. The van der Waals surface area contributed by atoms with Crippen molar-refractivity contribution < 1.29 is 19.8 Å². The molecule has 4 N–H and O–H groups in total. The number of carboxylic acid groups (broad SMARTS) is 1. The molecule has 1 unspecified atom stereocenters. The highest BCUT2D eigenvalue weighted by molar-refractivity contribution is 6.33. The summed E-state index contributed by atoms with van der Waals surface area (Å²) in [6, 6.07) is 4.11. The number of carbonyl (C=O) groups is 2. The monoisotopic (exact) mass is 314 g/mol. The number of anilines is 1. The molecule has 21 heavy (non-hydrogen) atoms. The highest BCUT2D eigenvalue weighted by Crippen LogP contribution is 2.22. The quantitative estimate of drug-likeness (QED) is 0.548. The van der Waals surface area contributed by atoms with Crippen molar-refractivity contribution in [2.75, 3.05) is 18.4 Å². The van der Waals surface area contributed by atoms with Crippen LogP contribution in [0.4, 0.5) is 5.69 Å². The van der Waals surface area contributed by atoms with E-state index < -0.39 is 5.97 Å². The Balaban J connectivity index is 2.44. The SMILES string of the molecule is CC(O)CCCNCC(=O)Nc1cc(C(=O)O)ccc1Cl. The van der Waals surface area contributed by atoms with E-state index in [1.54, 1.807) is 6.92 Å². The largest absolute Gasteiger partial charge is 0.478 e. The number of aliphatic hydroxyl groups is 1. The van der Waals surface area contributed by atoms with Gasteiger partial charge in [0.05, 0.1) is 28.9 Å². The lowest BCUT2D eigenvalue weighted by Crippen LogP contribution is -2.29. The normalized spacial score (nSPS) is 12.0. The highest BCUT2D eigenvalue weighted by atomic mass is 35.5. The number of aromatic carboxylic acids is 1. The fourth-order valence-corrected chi connectivity index (χ4v) is 1.84. The second-order valence-electron chi connectivity index (χ2n) is 4.72. The Morgan fingerprint density at radius 1 is 1.38 bits per heavy atom. The van der Waals surface area contributed by atoms with Gasteiger partial charge in [0, 0.05) is 0 Å². The van der Waals surface area contributed by atoms with Crippen LogP contribution in [0, 0.1) is 0 Å². The molecule has 7 heteroatoms. The second kappa shape index (κ2) is 8.61. The van der Waals surface area contributed by atoms with Crippen molar-refractivity contribution in [3.05, 3.63) is 28.8 Å². The average Bonchev–Trinajstić information content (AvgIpc) is 2.40. The molecule has 6 nitrogen and oxygen atoms in total. The summed E-state index contributed by atoms with van der Waals surface area (Å²) in [5.41, 5.74) is 0.326. The molecule has 0 saturated heterocycles. The van der Waals surface area contributed by atoms with E-state index >= 15 is 0 Å². The molecule has 0 spiro atoms. The topological polar surface area (TPSA) is 98.7 Å². The summed E-state index contributed by atoms with van der Waals surface area (Å²) >= 11 is 5.91. The van der Waals surface area contributed by atoms with Crippen LogP contribution in [-0.2, 0) is 4.79 Å². The van der Waals surface area contributed by atoms with Gasteiger partial charge in [-0.05, 0) is 44.5 Å². The van der Waals surface area contributed by atoms with Crippen LogP contribution in [-0.4, -0.2) is 41.3 Å². The molecule has 1 aromatic rings. The molecule has 0 aliphatic heterocycles. The summed E-state index contributed by atoms with van der Waals surface area (Å²) in [4.78, 5) is 22.6. The number of nitrogens with one attached hydrogen (secondary N) is 2. The van der Waals surface area contributed by atoms with Crippen molar-refractivity contribution in [1.29, 1.82) is 0 Å². The molecule has 0 saturated carbocycles. The van der Waals surface area contributed by atoms with E-state index in [4.69, 9.17) is 21.8 Å². The van der Waals surface area contributed by atoms with Crippen LogP contribution in [0.25, 0.3) is 0 Å². The summed E-state index contributed by atoms with van der Waals surface area (Å²) in [7, 11) is 0. The molecular formula is C14H19ClN2O4. The van der Waals surface area contributed by atoms with E-state index in [0.29, 0.717) is 13.0 Å². The predicted octanol–water partition coefficient (Wildman–Crippen LogP) is 1.73. The summed E-state index contributed by atoms with van der Waals surface area (Å²) in [5.74, 6) is -1.39. The number of benzene rings is 1. The average molecular weight is 315 g/mol. The van der Waals surface area contributed by atoms with Crippen LogP contribution in [0.3, 0.4) is 0 Å². The van der Waals surface area contributed by atoms with Gasteiger partial charge in [0.15, 0.2) is 0 Å². The molecule has 0 radical (unpaired) electrons. The Kier molecular flexibility index (Phi) is 7.14. The molecule has 0 fully saturated rings. The highest BCUT2D eigenvalue weighted by Gasteiger charge is 2.10. The number of carboxylic acids is 1. The van der Waals surface area contributed by atoms with Crippen LogP contribution in [0.1, 0.15) is 30.1 Å². The van der Waals surface area contributed by atoms with E-state index in [1.165, 1.54) is 18.2 Å². The molecule has 1 amide bonds. The van der Waals surface area contributed by atoms with Gasteiger partial charge >= 0.3 is 5.97 Å². The van der Waals surface area contributed by atoms with Gasteiger partial charge in [-0.25, -0.2) is 4.79 Å². The first kappa shape index (κ1) is 17.4. The maximum atomic E-state index is 11.7. The van der Waals surface area contributed by atoms with Crippen molar-refractivity contribution >= 4 is 29.2 Å². The summed E-state index contributed by atoms with van der Waals surface area (Å²) in [6.07, 6.45) is 1.08. The Bertz CT molecular complexity index is 506. The fourth-order valence-electron chi connectivity index (χ4n) is 1.67. The third-order valence-corrected chi connectivity index (χ3v) is 3.08. The Morgan fingerprint density at radius 2 is 2.10 bits per heavy atom. The Hall–Kier alpha value is -1.63. The van der Waals surface area contributed by atoms with Crippen molar-refractivity contribution in [3.8, 4) is 0 Å². The van der Waals surface area contributed by atoms with Crippen LogP contribution < -0.4 is 10.6 Å². The molecule has 0 aliphatic rings. The number of halogens is 1. The standard InChI is InChI=1S/C14H19ClN2O4/c1-9(18)3-2-6-16-8-13(19)17-12-7-10(14(20)21)4-5-11(12)15/h4-5,7,9,16,18H,2-3,6,8H2,1H3,(H,17,19)(H,20,21). The minimum Gasteiger partial charge on any atom is -0.478 e. The third-order valence-electron chi connectivity index (χ3n) is 2.75. The van der Waals surface area contributed by atoms with E-state index in [2.05, 4.69) is 10.6 Å². The van der Waals surface area contributed by atoms with Crippen LogP contribution in [0.15, 0.2) is 18.2 Å². The van der Waals surface area contributed by atoms with Gasteiger partial charge in [0.25, 0.3) is 0 Å². The molecule has 1 aromatic carbocycles. The number of carbonyl (C=O) groups excluding carboxylic acids is 1. The van der Waals surface area contributed by atoms with E-state index in [0.717, 1.165) is 6.42 Å². The van der Waals surface area contributed by atoms with Gasteiger partial charge in [-0.3, -0.25) is 4.79 Å². The second-order valence-corrected chi connectivity index (χ2v) is 5.12. The number of hydrogen-bond acceptors (Lipinski definition) is 4. The van der Waals surface area contributed by atoms with Crippen LogP contribution in [0.5, 0.6) is 0 Å². The summed E-state index contributed by atoms with van der Waals surface area (Å²) < 4.78 is 0. The molecule has 1 atom stereocenters. The van der Waals surface area contributed by atoms with Gasteiger partial charge in [-0.15, -0.1) is 0 Å². The van der Waals surface area contributed by atoms with Crippen molar-refractivity contribution in [2.45, 2.75) is 25.9 Å². The first-order valence-electron chi connectivity index (χ1n) is 6.61. The number of rotatable bonds is 8. The molecular weight excluding hydrogens is 296 g/mol.